The Morgan fingerprint density at radius 2 is 1.38 bits per heavy atom. The van der Waals surface area contributed by atoms with Gasteiger partial charge in [0.1, 0.15) is 6.04 Å². The maximum Gasteiger partial charge on any atom is 0.328 e. The maximum atomic E-state index is 12.9. The molecule has 0 spiro atoms. The molecule has 3 N–H and O–H groups in total. The van der Waals surface area contributed by atoms with Gasteiger partial charge in [-0.2, -0.15) is 13.5 Å². The average Bonchev–Trinajstić information content (AvgIpc) is 3.18. The van der Waals surface area contributed by atoms with Crippen molar-refractivity contribution in [1.82, 2.24) is 15.6 Å². The molecule has 272 valence electrons. The zero-order valence-electron chi connectivity index (χ0n) is 28.8. The van der Waals surface area contributed by atoms with Crippen LogP contribution < -0.4 is 26.5 Å². The third-order valence-electron chi connectivity index (χ3n) is 8.09. The highest BCUT2D eigenvalue weighted by molar-refractivity contribution is 7.85. The summed E-state index contributed by atoms with van der Waals surface area (Å²) in [5.41, 5.74) is 0.981. The SMILES string of the molecule is COC(=O)C(CCCCNC(=O)c1ccc(P(c2ccccc2)c2ccccc2)cc1)NC(=O)c1ccc(N=NCc2ccccc2S(=O)(=O)O)nc1. The van der Waals surface area contributed by atoms with Gasteiger partial charge in [0.25, 0.3) is 21.9 Å². The van der Waals surface area contributed by atoms with Gasteiger partial charge < -0.3 is 15.4 Å². The van der Waals surface area contributed by atoms with Crippen LogP contribution in [-0.2, 0) is 26.2 Å². The van der Waals surface area contributed by atoms with E-state index in [4.69, 9.17) is 4.74 Å². The number of pyridine rings is 1. The number of hydrogen-bond acceptors (Lipinski definition) is 9. The highest BCUT2D eigenvalue weighted by Crippen LogP contribution is 2.32. The van der Waals surface area contributed by atoms with Crippen LogP contribution in [0.15, 0.2) is 143 Å². The number of methoxy groups -OCH3 is 1. The van der Waals surface area contributed by atoms with Crippen molar-refractivity contribution in [2.75, 3.05) is 13.7 Å². The standard InChI is InChI=1S/C39H38N5O7PS/c1-51-39(47)34(43-38(46)30-21-24-36(41-26-30)44-42-27-29-12-8-9-18-35(29)53(48,49)50)17-10-11-25-40-37(45)28-19-22-33(23-20-28)52(31-13-4-2-5-14-31)32-15-6-3-7-16-32/h2-9,12-16,18-24,26,34H,10-11,17,25,27H2,1H3,(H,40,45)(H,43,46)(H,48,49,50). The summed E-state index contributed by atoms with van der Waals surface area (Å²) >= 11 is 0. The first-order valence-corrected chi connectivity index (χ1v) is 19.5. The predicted octanol–water partition coefficient (Wildman–Crippen LogP) is 5.24. The molecule has 0 saturated heterocycles. The van der Waals surface area contributed by atoms with Crippen LogP contribution in [0.4, 0.5) is 5.82 Å². The molecule has 1 unspecified atom stereocenters. The number of esters is 1. The number of carbonyl (C=O) groups excluding carboxylic acids is 3. The van der Waals surface area contributed by atoms with E-state index >= 15 is 0 Å². The van der Waals surface area contributed by atoms with Gasteiger partial charge in [-0.05, 0) is 79.0 Å². The van der Waals surface area contributed by atoms with Crippen molar-refractivity contribution < 1.29 is 32.1 Å². The molecule has 0 fully saturated rings. The van der Waals surface area contributed by atoms with Gasteiger partial charge in [0.15, 0.2) is 5.82 Å². The van der Waals surface area contributed by atoms with E-state index < -0.39 is 36.0 Å². The summed E-state index contributed by atoms with van der Waals surface area (Å²) in [6.45, 7) is 0.257. The summed E-state index contributed by atoms with van der Waals surface area (Å²) in [5, 5.41) is 17.1. The van der Waals surface area contributed by atoms with E-state index in [1.165, 1.54) is 54.2 Å². The van der Waals surface area contributed by atoms with Crippen LogP contribution in [-0.4, -0.2) is 55.4 Å². The number of ether oxygens (including phenoxy) is 1. The number of rotatable bonds is 16. The molecule has 5 aromatic rings. The normalized spacial score (nSPS) is 12.0. The van der Waals surface area contributed by atoms with E-state index in [-0.39, 0.29) is 40.7 Å². The molecule has 1 atom stereocenters. The number of hydrogen-bond donors (Lipinski definition) is 3. The lowest BCUT2D eigenvalue weighted by Gasteiger charge is -2.19. The third kappa shape index (κ3) is 10.9. The third-order valence-corrected chi connectivity index (χ3v) is 11.5. The number of aromatic nitrogens is 1. The molecule has 53 heavy (non-hydrogen) atoms. The second-order valence-electron chi connectivity index (χ2n) is 11.7. The molecule has 4 aromatic carbocycles. The first-order valence-electron chi connectivity index (χ1n) is 16.7. The number of unbranched alkanes of at least 4 members (excludes halogenated alkanes) is 1. The molecular weight excluding hydrogens is 713 g/mol. The van der Waals surface area contributed by atoms with Gasteiger partial charge in [-0.25, -0.2) is 9.78 Å². The minimum absolute atomic E-state index is 0.122. The van der Waals surface area contributed by atoms with Gasteiger partial charge in [0.05, 0.1) is 24.1 Å². The van der Waals surface area contributed by atoms with E-state index in [0.29, 0.717) is 24.9 Å². The molecule has 0 bridgehead atoms. The minimum Gasteiger partial charge on any atom is -0.467 e. The molecule has 0 aliphatic carbocycles. The molecule has 0 aliphatic rings. The number of amides is 2. The lowest BCUT2D eigenvalue weighted by molar-refractivity contribution is -0.143. The number of azo groups is 1. The van der Waals surface area contributed by atoms with E-state index in [9.17, 15) is 27.4 Å². The molecular formula is C39H38N5O7PS. The fourth-order valence-electron chi connectivity index (χ4n) is 5.42. The van der Waals surface area contributed by atoms with Crippen molar-refractivity contribution >= 4 is 57.6 Å². The van der Waals surface area contributed by atoms with Crippen LogP contribution in [0.25, 0.3) is 0 Å². The largest absolute Gasteiger partial charge is 0.467 e. The lowest BCUT2D eigenvalue weighted by atomic mass is 10.1. The summed E-state index contributed by atoms with van der Waals surface area (Å²) in [4.78, 5) is 42.2. The molecule has 0 aliphatic heterocycles. The zero-order valence-corrected chi connectivity index (χ0v) is 30.5. The predicted molar refractivity (Wildman–Crippen MR) is 203 cm³/mol. The summed E-state index contributed by atoms with van der Waals surface area (Å²) in [7, 11) is -3.95. The Kier molecular flexibility index (Phi) is 13.7. The van der Waals surface area contributed by atoms with Crippen molar-refractivity contribution in [3.8, 4) is 0 Å². The Labute approximate surface area is 309 Å². The Bertz CT molecular complexity index is 2100. The van der Waals surface area contributed by atoms with Crippen molar-refractivity contribution in [2.24, 2.45) is 10.2 Å². The molecule has 0 saturated carbocycles. The molecule has 1 aromatic heterocycles. The Balaban J connectivity index is 1.09. The summed E-state index contributed by atoms with van der Waals surface area (Å²) < 4.78 is 37.4. The van der Waals surface area contributed by atoms with E-state index in [0.717, 1.165) is 5.30 Å². The first kappa shape index (κ1) is 38.6. The minimum atomic E-state index is -4.41. The van der Waals surface area contributed by atoms with E-state index in [2.05, 4.69) is 50.1 Å². The Morgan fingerprint density at radius 1 is 0.774 bits per heavy atom. The van der Waals surface area contributed by atoms with Crippen LogP contribution >= 0.6 is 7.92 Å². The fraction of sp³-hybridized carbons (Fsp3) is 0.179. The van der Waals surface area contributed by atoms with Crippen LogP contribution in [0.1, 0.15) is 45.5 Å². The van der Waals surface area contributed by atoms with Gasteiger partial charge in [-0.1, -0.05) is 91.0 Å². The van der Waals surface area contributed by atoms with E-state index in [1.54, 1.807) is 6.07 Å². The quantitative estimate of drug-likeness (QED) is 0.0403. The molecule has 2 amide bonds. The molecule has 5 rings (SSSR count). The smallest absolute Gasteiger partial charge is 0.328 e. The van der Waals surface area contributed by atoms with Gasteiger partial charge in [-0.15, -0.1) is 5.11 Å². The van der Waals surface area contributed by atoms with Gasteiger partial charge in [-0.3, -0.25) is 14.1 Å². The number of carbonyl (C=O) groups is 3. The first-order chi connectivity index (χ1) is 25.6. The van der Waals surface area contributed by atoms with Gasteiger partial charge in [0.2, 0.25) is 0 Å². The second kappa shape index (κ2) is 18.7. The molecule has 1 heterocycles. The highest BCUT2D eigenvalue weighted by atomic mass is 32.2. The highest BCUT2D eigenvalue weighted by Gasteiger charge is 2.22. The number of benzene rings is 4. The van der Waals surface area contributed by atoms with Crippen LogP contribution in [0.2, 0.25) is 0 Å². The lowest BCUT2D eigenvalue weighted by Crippen LogP contribution is -2.41. The monoisotopic (exact) mass is 751 g/mol. The molecule has 12 nitrogen and oxygen atoms in total. The summed E-state index contributed by atoms with van der Waals surface area (Å²) in [6, 6.07) is 36.2. The topological polar surface area (TPSA) is 176 Å². The second-order valence-corrected chi connectivity index (χ2v) is 15.4. The van der Waals surface area contributed by atoms with Crippen LogP contribution in [0.3, 0.4) is 0 Å². The van der Waals surface area contributed by atoms with Crippen LogP contribution in [0.5, 0.6) is 0 Å². The molecule has 14 heteroatoms. The van der Waals surface area contributed by atoms with Gasteiger partial charge in [0, 0.05) is 18.3 Å². The van der Waals surface area contributed by atoms with Gasteiger partial charge >= 0.3 is 5.97 Å². The Hall–Kier alpha value is -5.62. The zero-order chi connectivity index (χ0) is 37.6. The summed E-state index contributed by atoms with van der Waals surface area (Å²) in [5.74, 6) is -1.18. The Morgan fingerprint density at radius 3 is 1.98 bits per heavy atom. The summed E-state index contributed by atoms with van der Waals surface area (Å²) in [6.07, 6.45) is 2.65. The van der Waals surface area contributed by atoms with Crippen molar-refractivity contribution in [2.45, 2.75) is 36.7 Å². The van der Waals surface area contributed by atoms with Crippen molar-refractivity contribution in [3.63, 3.8) is 0 Å². The number of nitrogens with zero attached hydrogens (tertiary/aromatic N) is 3. The van der Waals surface area contributed by atoms with Crippen LogP contribution in [0, 0.1) is 0 Å². The number of nitrogens with one attached hydrogen (secondary N) is 2. The van der Waals surface area contributed by atoms with E-state index in [1.807, 2.05) is 60.7 Å². The fourth-order valence-corrected chi connectivity index (χ4v) is 8.42. The molecule has 0 radical (unpaired) electrons. The average molecular weight is 752 g/mol. The maximum absolute atomic E-state index is 12.9. The van der Waals surface area contributed by atoms with Crippen molar-refractivity contribution in [3.05, 3.63) is 144 Å². The van der Waals surface area contributed by atoms with Crippen molar-refractivity contribution in [1.29, 1.82) is 0 Å².